The second-order valence-corrected chi connectivity index (χ2v) is 5.06. The first-order valence-corrected chi connectivity index (χ1v) is 6.46. The second-order valence-electron chi connectivity index (χ2n) is 4.68. The summed E-state index contributed by atoms with van der Waals surface area (Å²) in [4.78, 5) is 12.5. The Morgan fingerprint density at radius 3 is 2.73 bits per heavy atom. The zero-order chi connectivity index (χ0) is 16.7. The number of aliphatic hydroxyl groups is 1. The normalized spacial score (nSPS) is 19.8. The van der Waals surface area contributed by atoms with Gasteiger partial charge in [-0.25, -0.2) is 4.79 Å². The Balaban J connectivity index is 2.48. The van der Waals surface area contributed by atoms with E-state index >= 15 is 0 Å². The van der Waals surface area contributed by atoms with Gasteiger partial charge in [-0.1, -0.05) is 11.6 Å². The van der Waals surface area contributed by atoms with Crippen LogP contribution < -0.4 is 4.90 Å². The highest BCUT2D eigenvalue weighted by Crippen LogP contribution is 2.36. The number of benzene rings is 1. The van der Waals surface area contributed by atoms with Crippen molar-refractivity contribution in [1.82, 2.24) is 0 Å². The average Bonchev–Trinajstić information content (AvgIpc) is 2.81. The van der Waals surface area contributed by atoms with Crippen molar-refractivity contribution in [3.63, 3.8) is 0 Å². The first-order chi connectivity index (χ1) is 10.2. The number of carbonyl (C=O) groups excluding carboxylic acids is 1. The molecule has 5 nitrogen and oxygen atoms in total. The van der Waals surface area contributed by atoms with E-state index in [0.717, 1.165) is 0 Å². The molecule has 0 radical (unpaired) electrons. The number of aliphatic hydroxyl groups excluding tert-OH is 1. The number of ether oxygens (including phenoxy) is 1. The summed E-state index contributed by atoms with van der Waals surface area (Å²) in [6.45, 7) is 0.859. The van der Waals surface area contributed by atoms with Crippen molar-refractivity contribution in [2.75, 3.05) is 11.5 Å². The molecule has 118 valence electrons. The number of halogens is 4. The Kier molecular flexibility index (Phi) is 4.22. The summed E-state index contributed by atoms with van der Waals surface area (Å²) in [6.07, 6.45) is -8.67. The van der Waals surface area contributed by atoms with E-state index in [4.69, 9.17) is 16.9 Å². The monoisotopic (exact) mass is 334 g/mol. The minimum Gasteiger partial charge on any atom is -0.447 e. The third kappa shape index (κ3) is 2.69. The Morgan fingerprint density at radius 1 is 1.55 bits per heavy atom. The van der Waals surface area contributed by atoms with Crippen molar-refractivity contribution in [2.45, 2.75) is 25.2 Å². The van der Waals surface area contributed by atoms with Crippen LogP contribution in [0.1, 0.15) is 11.1 Å². The van der Waals surface area contributed by atoms with Crippen LogP contribution >= 0.6 is 11.6 Å². The highest BCUT2D eigenvalue weighted by molar-refractivity contribution is 6.33. The number of alkyl halides is 3. The third-order valence-corrected chi connectivity index (χ3v) is 3.83. The van der Waals surface area contributed by atoms with Gasteiger partial charge in [0.15, 0.2) is 6.10 Å². The molecule has 0 saturated carbocycles. The lowest BCUT2D eigenvalue weighted by molar-refractivity contribution is -0.209. The third-order valence-electron chi connectivity index (χ3n) is 3.34. The highest BCUT2D eigenvalue weighted by Gasteiger charge is 2.51. The summed E-state index contributed by atoms with van der Waals surface area (Å²) in [5, 5.41) is 18.3. The van der Waals surface area contributed by atoms with Gasteiger partial charge in [0.1, 0.15) is 18.7 Å². The first-order valence-electron chi connectivity index (χ1n) is 6.08. The molecule has 22 heavy (non-hydrogen) atoms. The summed E-state index contributed by atoms with van der Waals surface area (Å²) >= 11 is 5.96. The number of cyclic esters (lactones) is 1. The Bertz CT molecular complexity index is 657. The lowest BCUT2D eigenvalue weighted by Gasteiger charge is -2.28. The van der Waals surface area contributed by atoms with Crippen LogP contribution in [0.4, 0.5) is 23.7 Å². The van der Waals surface area contributed by atoms with Crippen molar-refractivity contribution >= 4 is 23.4 Å². The zero-order valence-corrected chi connectivity index (χ0v) is 11.9. The molecule has 1 amide bonds. The summed E-state index contributed by atoms with van der Waals surface area (Å²) < 4.78 is 42.7. The van der Waals surface area contributed by atoms with E-state index in [1.807, 2.05) is 6.07 Å². The maximum absolute atomic E-state index is 12.7. The van der Waals surface area contributed by atoms with Gasteiger partial charge in [0.25, 0.3) is 0 Å². The van der Waals surface area contributed by atoms with Crippen molar-refractivity contribution < 1.29 is 27.8 Å². The minimum atomic E-state index is -4.90. The summed E-state index contributed by atoms with van der Waals surface area (Å²) in [5.74, 6) is 0. The molecule has 1 heterocycles. The number of amides is 1. The van der Waals surface area contributed by atoms with E-state index in [9.17, 15) is 23.1 Å². The fraction of sp³-hybridized carbons (Fsp3) is 0.385. The van der Waals surface area contributed by atoms with Gasteiger partial charge in [0, 0.05) is 0 Å². The molecule has 0 aliphatic carbocycles. The van der Waals surface area contributed by atoms with Crippen LogP contribution in [0.3, 0.4) is 0 Å². The first kappa shape index (κ1) is 16.4. The molecule has 1 aliphatic heterocycles. The van der Waals surface area contributed by atoms with Gasteiger partial charge in [-0.15, -0.1) is 0 Å². The lowest BCUT2D eigenvalue weighted by atomic mass is 10.1. The Morgan fingerprint density at radius 2 is 2.18 bits per heavy atom. The molecule has 1 aromatic rings. The van der Waals surface area contributed by atoms with Crippen molar-refractivity contribution in [1.29, 1.82) is 5.26 Å². The van der Waals surface area contributed by atoms with Crippen molar-refractivity contribution in [2.24, 2.45) is 0 Å². The number of carbonyl (C=O) groups is 1. The van der Waals surface area contributed by atoms with E-state index in [2.05, 4.69) is 4.74 Å². The Hall–Kier alpha value is -1.98. The van der Waals surface area contributed by atoms with Crippen molar-refractivity contribution in [3.05, 3.63) is 28.3 Å². The molecule has 1 saturated heterocycles. The SMILES string of the molecule is Cc1c(N2C(=O)OCC2[C@H](O)C(F)(F)F)ccc(C#N)c1Cl. The fourth-order valence-electron chi connectivity index (χ4n) is 2.19. The van der Waals surface area contributed by atoms with E-state index < -0.39 is 31.0 Å². The van der Waals surface area contributed by atoms with Gasteiger partial charge in [-0.05, 0) is 24.6 Å². The van der Waals surface area contributed by atoms with E-state index in [0.29, 0.717) is 4.90 Å². The predicted molar refractivity (Wildman–Crippen MR) is 70.6 cm³/mol. The van der Waals surface area contributed by atoms with Crippen LogP contribution in [-0.2, 0) is 4.74 Å². The van der Waals surface area contributed by atoms with Gasteiger partial charge in [-0.2, -0.15) is 18.4 Å². The molecule has 0 bridgehead atoms. The second kappa shape index (κ2) is 5.66. The van der Waals surface area contributed by atoms with Crippen molar-refractivity contribution in [3.8, 4) is 6.07 Å². The topological polar surface area (TPSA) is 73.6 Å². The molecular formula is C13H10ClF3N2O3. The zero-order valence-electron chi connectivity index (χ0n) is 11.2. The summed E-state index contributed by atoms with van der Waals surface area (Å²) in [7, 11) is 0. The fourth-order valence-corrected chi connectivity index (χ4v) is 2.39. The number of nitriles is 1. The molecular weight excluding hydrogens is 325 g/mol. The van der Waals surface area contributed by atoms with E-state index in [-0.39, 0.29) is 21.8 Å². The molecule has 2 rings (SSSR count). The van der Waals surface area contributed by atoms with Crippen LogP contribution in [0.15, 0.2) is 12.1 Å². The molecule has 1 fully saturated rings. The molecule has 1 N–H and O–H groups in total. The standard InChI is InChI=1S/C13H10ClF3N2O3/c1-6-8(3-2-7(4-18)10(6)14)19-9(5-22-12(19)21)11(20)13(15,16)17/h2-3,9,11,20H,5H2,1H3/t9?,11-/m0/s1. The number of hydrogen-bond acceptors (Lipinski definition) is 4. The van der Waals surface area contributed by atoms with Gasteiger partial charge in [0.05, 0.1) is 16.3 Å². The van der Waals surface area contributed by atoms with E-state index in [1.54, 1.807) is 0 Å². The molecule has 1 aromatic carbocycles. The molecule has 1 aliphatic rings. The van der Waals surface area contributed by atoms with Gasteiger partial charge >= 0.3 is 12.3 Å². The molecule has 0 spiro atoms. The quantitative estimate of drug-likeness (QED) is 0.902. The van der Waals surface area contributed by atoms with Gasteiger partial charge in [-0.3, -0.25) is 4.90 Å². The predicted octanol–water partition coefficient (Wildman–Crippen LogP) is 2.77. The van der Waals surface area contributed by atoms with Crippen LogP contribution in [0, 0.1) is 18.3 Å². The number of nitrogens with zero attached hydrogens (tertiary/aromatic N) is 2. The van der Waals surface area contributed by atoms with Crippen LogP contribution in [0.5, 0.6) is 0 Å². The smallest absolute Gasteiger partial charge is 0.416 e. The highest BCUT2D eigenvalue weighted by atomic mass is 35.5. The van der Waals surface area contributed by atoms with Crippen LogP contribution in [-0.4, -0.2) is 36.1 Å². The largest absolute Gasteiger partial charge is 0.447 e. The number of anilines is 1. The minimum absolute atomic E-state index is 0.0277. The Labute approximate surface area is 128 Å². The maximum atomic E-state index is 12.7. The van der Waals surface area contributed by atoms with E-state index in [1.165, 1.54) is 19.1 Å². The maximum Gasteiger partial charge on any atom is 0.416 e. The molecule has 9 heteroatoms. The molecule has 0 aromatic heterocycles. The number of hydrogen-bond donors (Lipinski definition) is 1. The summed E-state index contributed by atoms with van der Waals surface area (Å²) in [6, 6.07) is 2.79. The van der Waals surface area contributed by atoms with Crippen LogP contribution in [0.25, 0.3) is 0 Å². The number of rotatable bonds is 2. The molecule has 2 atom stereocenters. The van der Waals surface area contributed by atoms with Crippen LogP contribution in [0.2, 0.25) is 5.02 Å². The molecule has 1 unspecified atom stereocenters. The lowest BCUT2D eigenvalue weighted by Crippen LogP contribution is -2.49. The van der Waals surface area contributed by atoms with Gasteiger partial charge in [0.2, 0.25) is 0 Å². The summed E-state index contributed by atoms with van der Waals surface area (Å²) in [5.41, 5.74) is 0.433. The average molecular weight is 335 g/mol. The van der Waals surface area contributed by atoms with Gasteiger partial charge < -0.3 is 9.84 Å².